The molecule has 2 unspecified atom stereocenters. The average molecular weight is 217 g/mol. The minimum absolute atomic E-state index is 0.290. The first-order chi connectivity index (χ1) is 6.70. The smallest absolute Gasteiger partial charge is 0.0441 e. The molecule has 0 heterocycles. The zero-order valence-electron chi connectivity index (χ0n) is 9.42. The van der Waals surface area contributed by atoms with Crippen LogP contribution in [0.4, 0.5) is 0 Å². The van der Waals surface area contributed by atoms with Gasteiger partial charge in [0.1, 0.15) is 0 Å². The van der Waals surface area contributed by atoms with Crippen LogP contribution in [-0.4, -0.2) is 28.8 Å². The van der Waals surface area contributed by atoms with Crippen molar-refractivity contribution in [2.75, 3.05) is 19.3 Å². The fraction of sp³-hybridized carbons (Fsp3) is 1.00. The second kappa shape index (κ2) is 6.57. The molecule has 2 nitrogen and oxygen atoms in total. The van der Waals surface area contributed by atoms with E-state index in [1.165, 1.54) is 32.1 Å². The van der Waals surface area contributed by atoms with E-state index < -0.39 is 10.8 Å². The predicted molar refractivity (Wildman–Crippen MR) is 63.0 cm³/mol. The van der Waals surface area contributed by atoms with Gasteiger partial charge in [-0.2, -0.15) is 0 Å². The van der Waals surface area contributed by atoms with Gasteiger partial charge in [0.15, 0.2) is 0 Å². The number of hydrogen-bond donors (Lipinski definition) is 1. The number of nitrogens with one attached hydrogen (secondary N) is 1. The first-order valence-electron chi connectivity index (χ1n) is 5.73. The van der Waals surface area contributed by atoms with Crippen LogP contribution in [0, 0.1) is 5.92 Å². The molecule has 0 amide bonds. The molecule has 0 spiro atoms. The molecule has 1 rings (SSSR count). The SMILES string of the molecule is CC(CNCC1CCCCC1)S(C)=O. The van der Waals surface area contributed by atoms with Gasteiger partial charge in [-0.3, -0.25) is 4.21 Å². The van der Waals surface area contributed by atoms with E-state index in [9.17, 15) is 4.21 Å². The minimum Gasteiger partial charge on any atom is -0.315 e. The summed E-state index contributed by atoms with van der Waals surface area (Å²) in [5.74, 6) is 0.876. The fourth-order valence-corrected chi connectivity index (χ4v) is 2.35. The van der Waals surface area contributed by atoms with Crippen LogP contribution in [0.3, 0.4) is 0 Å². The molecule has 0 bridgehead atoms. The van der Waals surface area contributed by atoms with Crippen LogP contribution >= 0.6 is 0 Å². The van der Waals surface area contributed by atoms with Gasteiger partial charge in [-0.1, -0.05) is 19.3 Å². The maximum absolute atomic E-state index is 11.1. The van der Waals surface area contributed by atoms with Gasteiger partial charge < -0.3 is 5.32 Å². The molecule has 1 aliphatic carbocycles. The van der Waals surface area contributed by atoms with Crippen molar-refractivity contribution in [1.29, 1.82) is 0 Å². The molecule has 1 N–H and O–H groups in total. The maximum Gasteiger partial charge on any atom is 0.0441 e. The van der Waals surface area contributed by atoms with E-state index >= 15 is 0 Å². The Bertz CT molecular complexity index is 178. The highest BCUT2D eigenvalue weighted by molar-refractivity contribution is 7.84. The Balaban J connectivity index is 2.05. The van der Waals surface area contributed by atoms with E-state index in [4.69, 9.17) is 0 Å². The summed E-state index contributed by atoms with van der Waals surface area (Å²) >= 11 is 0. The van der Waals surface area contributed by atoms with Crippen molar-refractivity contribution >= 4 is 10.8 Å². The van der Waals surface area contributed by atoms with E-state index in [-0.39, 0.29) is 0 Å². The van der Waals surface area contributed by atoms with E-state index in [2.05, 4.69) is 5.32 Å². The predicted octanol–water partition coefficient (Wildman–Crippen LogP) is 1.92. The molecule has 1 aliphatic rings. The first-order valence-corrected chi connectivity index (χ1v) is 7.35. The Hall–Kier alpha value is 0.110. The Labute approximate surface area is 90.3 Å². The second-order valence-electron chi connectivity index (χ2n) is 4.47. The van der Waals surface area contributed by atoms with Gasteiger partial charge in [0.2, 0.25) is 0 Å². The Kier molecular flexibility index (Phi) is 5.71. The lowest BCUT2D eigenvalue weighted by Crippen LogP contribution is -2.32. The molecule has 0 aliphatic heterocycles. The lowest BCUT2D eigenvalue weighted by Gasteiger charge is -2.22. The van der Waals surface area contributed by atoms with Gasteiger partial charge in [0, 0.05) is 28.9 Å². The Morgan fingerprint density at radius 3 is 2.57 bits per heavy atom. The fourth-order valence-electron chi connectivity index (χ4n) is 2.00. The zero-order valence-corrected chi connectivity index (χ0v) is 10.2. The van der Waals surface area contributed by atoms with Crippen LogP contribution in [0.15, 0.2) is 0 Å². The molecular formula is C11H23NOS. The molecule has 14 heavy (non-hydrogen) atoms. The maximum atomic E-state index is 11.1. The van der Waals surface area contributed by atoms with E-state index in [0.29, 0.717) is 5.25 Å². The third-order valence-corrected chi connectivity index (χ3v) is 4.46. The van der Waals surface area contributed by atoms with Gasteiger partial charge in [-0.25, -0.2) is 0 Å². The summed E-state index contributed by atoms with van der Waals surface area (Å²) in [7, 11) is -0.679. The van der Waals surface area contributed by atoms with E-state index in [1.807, 2.05) is 6.92 Å². The molecule has 0 aromatic rings. The summed E-state index contributed by atoms with van der Waals surface area (Å²) in [6.07, 6.45) is 8.79. The van der Waals surface area contributed by atoms with Crippen LogP contribution in [0.25, 0.3) is 0 Å². The molecule has 1 fully saturated rings. The molecule has 2 atom stereocenters. The summed E-state index contributed by atoms with van der Waals surface area (Å²) in [5.41, 5.74) is 0. The van der Waals surface area contributed by atoms with Crippen molar-refractivity contribution in [2.24, 2.45) is 5.92 Å². The quantitative estimate of drug-likeness (QED) is 0.762. The van der Waals surface area contributed by atoms with Crippen LogP contribution in [0.1, 0.15) is 39.0 Å². The third kappa shape index (κ3) is 4.56. The zero-order chi connectivity index (χ0) is 10.4. The van der Waals surface area contributed by atoms with Gasteiger partial charge in [-0.05, 0) is 32.2 Å². The standard InChI is InChI=1S/C11H23NOS/c1-10(14(2)13)8-12-9-11-6-4-3-5-7-11/h10-12H,3-9H2,1-2H3. The average Bonchev–Trinajstić information content (AvgIpc) is 2.19. The lowest BCUT2D eigenvalue weighted by atomic mass is 9.89. The Morgan fingerprint density at radius 2 is 2.00 bits per heavy atom. The highest BCUT2D eigenvalue weighted by Crippen LogP contribution is 2.22. The van der Waals surface area contributed by atoms with Crippen LogP contribution in [-0.2, 0) is 10.8 Å². The highest BCUT2D eigenvalue weighted by atomic mass is 32.2. The van der Waals surface area contributed by atoms with Crippen molar-refractivity contribution in [2.45, 2.75) is 44.3 Å². The molecule has 0 aromatic carbocycles. The Morgan fingerprint density at radius 1 is 1.36 bits per heavy atom. The van der Waals surface area contributed by atoms with Gasteiger partial charge in [0.05, 0.1) is 0 Å². The molecule has 0 aromatic heterocycles. The summed E-state index contributed by atoms with van der Waals surface area (Å²) in [6.45, 7) is 4.07. The summed E-state index contributed by atoms with van der Waals surface area (Å²) in [6, 6.07) is 0. The third-order valence-electron chi connectivity index (χ3n) is 3.16. The molecule has 84 valence electrons. The minimum atomic E-state index is -0.679. The number of rotatable bonds is 5. The highest BCUT2D eigenvalue weighted by Gasteiger charge is 2.13. The first kappa shape index (κ1) is 12.2. The second-order valence-corrected chi connectivity index (χ2v) is 6.27. The molecule has 3 heteroatoms. The monoisotopic (exact) mass is 217 g/mol. The summed E-state index contributed by atoms with van der Waals surface area (Å²) in [4.78, 5) is 0. The molecule has 0 saturated heterocycles. The van der Waals surface area contributed by atoms with Crippen molar-refractivity contribution in [1.82, 2.24) is 5.32 Å². The molecular weight excluding hydrogens is 194 g/mol. The van der Waals surface area contributed by atoms with Gasteiger partial charge in [-0.15, -0.1) is 0 Å². The van der Waals surface area contributed by atoms with E-state index in [1.54, 1.807) is 6.26 Å². The largest absolute Gasteiger partial charge is 0.315 e. The van der Waals surface area contributed by atoms with Crippen molar-refractivity contribution in [3.05, 3.63) is 0 Å². The van der Waals surface area contributed by atoms with Crippen LogP contribution in [0.2, 0.25) is 0 Å². The van der Waals surface area contributed by atoms with Crippen molar-refractivity contribution < 1.29 is 4.21 Å². The summed E-state index contributed by atoms with van der Waals surface area (Å²) < 4.78 is 11.1. The normalized spacial score (nSPS) is 23.3. The van der Waals surface area contributed by atoms with Crippen molar-refractivity contribution in [3.8, 4) is 0 Å². The topological polar surface area (TPSA) is 29.1 Å². The van der Waals surface area contributed by atoms with Crippen molar-refractivity contribution in [3.63, 3.8) is 0 Å². The molecule has 1 saturated carbocycles. The van der Waals surface area contributed by atoms with Crippen LogP contribution in [0.5, 0.6) is 0 Å². The number of hydrogen-bond acceptors (Lipinski definition) is 2. The summed E-state index contributed by atoms with van der Waals surface area (Å²) in [5, 5.41) is 3.73. The van der Waals surface area contributed by atoms with Crippen LogP contribution < -0.4 is 5.32 Å². The van der Waals surface area contributed by atoms with Gasteiger partial charge >= 0.3 is 0 Å². The van der Waals surface area contributed by atoms with Gasteiger partial charge in [0.25, 0.3) is 0 Å². The molecule has 0 radical (unpaired) electrons. The van der Waals surface area contributed by atoms with E-state index in [0.717, 1.165) is 19.0 Å². The lowest BCUT2D eigenvalue weighted by molar-refractivity contribution is 0.343.